The zero-order valence-electron chi connectivity index (χ0n) is 12.1. The van der Waals surface area contributed by atoms with Gasteiger partial charge in [-0.2, -0.15) is 4.98 Å². The molecule has 1 aromatic carbocycles. The highest BCUT2D eigenvalue weighted by Crippen LogP contribution is 2.36. The Kier molecular flexibility index (Phi) is 3.92. The first kappa shape index (κ1) is 13.7. The van der Waals surface area contributed by atoms with E-state index in [1.165, 1.54) is 0 Å². The van der Waals surface area contributed by atoms with Crippen molar-refractivity contribution in [1.29, 1.82) is 0 Å². The summed E-state index contributed by atoms with van der Waals surface area (Å²) in [6, 6.07) is 5.67. The van der Waals surface area contributed by atoms with Crippen LogP contribution in [0, 0.1) is 0 Å². The van der Waals surface area contributed by atoms with Crippen LogP contribution in [0.3, 0.4) is 0 Å². The predicted octanol–water partition coefficient (Wildman–Crippen LogP) is 1.33. The van der Waals surface area contributed by atoms with Crippen LogP contribution in [-0.2, 0) is 4.74 Å². The van der Waals surface area contributed by atoms with Gasteiger partial charge in [0.1, 0.15) is 0 Å². The number of nitrogens with one attached hydrogen (secondary N) is 1. The van der Waals surface area contributed by atoms with E-state index in [-0.39, 0.29) is 0 Å². The minimum absolute atomic E-state index is 0.643. The van der Waals surface area contributed by atoms with Gasteiger partial charge >= 0.3 is 0 Å². The summed E-state index contributed by atoms with van der Waals surface area (Å²) in [6.45, 7) is 3.00. The Labute approximate surface area is 122 Å². The molecule has 21 heavy (non-hydrogen) atoms. The maximum absolute atomic E-state index is 5.43. The summed E-state index contributed by atoms with van der Waals surface area (Å²) in [7, 11) is 3.22. The number of aromatic nitrogens is 3. The Morgan fingerprint density at radius 3 is 2.71 bits per heavy atom. The lowest BCUT2D eigenvalue weighted by atomic mass is 10.2. The van der Waals surface area contributed by atoms with Crippen molar-refractivity contribution < 1.29 is 14.2 Å². The molecule has 0 saturated carbocycles. The lowest BCUT2D eigenvalue weighted by molar-refractivity contribution is 0.122. The third kappa shape index (κ3) is 2.64. The van der Waals surface area contributed by atoms with Gasteiger partial charge in [0.25, 0.3) is 0 Å². The topological polar surface area (TPSA) is 72.5 Å². The van der Waals surface area contributed by atoms with Crippen molar-refractivity contribution in [3.63, 3.8) is 0 Å². The van der Waals surface area contributed by atoms with Crippen molar-refractivity contribution in [2.45, 2.75) is 0 Å². The van der Waals surface area contributed by atoms with Gasteiger partial charge < -0.3 is 19.1 Å². The van der Waals surface area contributed by atoms with Gasteiger partial charge in [-0.3, -0.25) is 5.10 Å². The van der Waals surface area contributed by atoms with Crippen LogP contribution in [0.15, 0.2) is 18.2 Å². The molecule has 1 fully saturated rings. The van der Waals surface area contributed by atoms with Crippen molar-refractivity contribution in [3.8, 4) is 22.9 Å². The zero-order valence-corrected chi connectivity index (χ0v) is 12.1. The van der Waals surface area contributed by atoms with Gasteiger partial charge in [-0.1, -0.05) is 6.07 Å². The van der Waals surface area contributed by atoms with Crippen LogP contribution >= 0.6 is 0 Å². The number of morpholine rings is 1. The first-order chi connectivity index (χ1) is 10.3. The lowest BCUT2D eigenvalue weighted by Gasteiger charge is -2.25. The molecule has 3 rings (SSSR count). The molecule has 0 unspecified atom stereocenters. The van der Waals surface area contributed by atoms with Gasteiger partial charge in [0.05, 0.1) is 33.0 Å². The van der Waals surface area contributed by atoms with Crippen LogP contribution in [-0.4, -0.2) is 55.7 Å². The molecular weight excluding hydrogens is 272 g/mol. The van der Waals surface area contributed by atoms with E-state index in [2.05, 4.69) is 20.1 Å². The second kappa shape index (κ2) is 6.01. The Morgan fingerprint density at radius 1 is 1.19 bits per heavy atom. The van der Waals surface area contributed by atoms with Crippen molar-refractivity contribution in [2.75, 3.05) is 45.4 Å². The second-order valence-electron chi connectivity index (χ2n) is 4.62. The standard InChI is InChI=1S/C14H18N4O3/c1-19-11-5-3-4-10(12(11)20-2)13-15-14(17-16-13)18-6-8-21-9-7-18/h3-5H,6-9H2,1-2H3,(H,15,16,17). The van der Waals surface area contributed by atoms with E-state index in [9.17, 15) is 0 Å². The lowest BCUT2D eigenvalue weighted by Crippen LogP contribution is -2.36. The zero-order chi connectivity index (χ0) is 14.7. The third-order valence-corrected chi connectivity index (χ3v) is 3.43. The molecule has 0 aliphatic carbocycles. The average Bonchev–Trinajstić information content (AvgIpc) is 3.04. The van der Waals surface area contributed by atoms with Gasteiger partial charge in [0.15, 0.2) is 17.3 Å². The van der Waals surface area contributed by atoms with E-state index in [0.717, 1.165) is 18.7 Å². The number of benzene rings is 1. The number of hydrogen-bond donors (Lipinski definition) is 1. The first-order valence-corrected chi connectivity index (χ1v) is 6.80. The molecular formula is C14H18N4O3. The summed E-state index contributed by atoms with van der Waals surface area (Å²) in [5.41, 5.74) is 0.823. The number of aromatic amines is 1. The maximum Gasteiger partial charge on any atom is 0.245 e. The highest BCUT2D eigenvalue weighted by Gasteiger charge is 2.19. The Balaban J connectivity index is 1.92. The Morgan fingerprint density at radius 2 is 2.00 bits per heavy atom. The number of nitrogens with zero attached hydrogens (tertiary/aromatic N) is 3. The number of methoxy groups -OCH3 is 2. The second-order valence-corrected chi connectivity index (χ2v) is 4.62. The minimum atomic E-state index is 0.643. The molecule has 1 aliphatic heterocycles. The SMILES string of the molecule is COc1cccc(-c2nc(N3CCOCC3)n[nH]2)c1OC. The summed E-state index contributed by atoms with van der Waals surface area (Å²) in [6.07, 6.45) is 0. The van der Waals surface area contributed by atoms with Crippen LogP contribution in [0.5, 0.6) is 11.5 Å². The summed E-state index contributed by atoms with van der Waals surface area (Å²) in [4.78, 5) is 6.65. The van der Waals surface area contributed by atoms with Crippen molar-refractivity contribution in [2.24, 2.45) is 0 Å². The van der Waals surface area contributed by atoms with Crippen LogP contribution < -0.4 is 14.4 Å². The van der Waals surface area contributed by atoms with Gasteiger partial charge in [0.2, 0.25) is 5.95 Å². The molecule has 0 radical (unpaired) electrons. The Hall–Kier alpha value is -2.28. The molecule has 1 saturated heterocycles. The number of anilines is 1. The van der Waals surface area contributed by atoms with Gasteiger partial charge in [-0.15, -0.1) is 5.10 Å². The molecule has 2 aromatic rings. The summed E-state index contributed by atoms with van der Waals surface area (Å²) in [5, 5.41) is 7.25. The number of ether oxygens (including phenoxy) is 3. The van der Waals surface area contributed by atoms with Crippen LogP contribution in [0.2, 0.25) is 0 Å². The molecule has 0 spiro atoms. The maximum atomic E-state index is 5.43. The smallest absolute Gasteiger partial charge is 0.245 e. The van der Waals surface area contributed by atoms with Gasteiger partial charge in [-0.05, 0) is 12.1 Å². The molecule has 0 bridgehead atoms. The minimum Gasteiger partial charge on any atom is -0.493 e. The number of H-pyrrole nitrogens is 1. The monoisotopic (exact) mass is 290 g/mol. The van der Waals surface area contributed by atoms with E-state index in [1.807, 2.05) is 18.2 Å². The molecule has 7 heteroatoms. The van der Waals surface area contributed by atoms with Crippen molar-refractivity contribution in [3.05, 3.63) is 18.2 Å². The van der Waals surface area contributed by atoms with Crippen molar-refractivity contribution in [1.82, 2.24) is 15.2 Å². The fraction of sp³-hybridized carbons (Fsp3) is 0.429. The highest BCUT2D eigenvalue weighted by atomic mass is 16.5. The normalized spacial score (nSPS) is 15.0. The molecule has 1 aromatic heterocycles. The first-order valence-electron chi connectivity index (χ1n) is 6.80. The average molecular weight is 290 g/mol. The van der Waals surface area contributed by atoms with E-state index in [0.29, 0.717) is 36.5 Å². The van der Waals surface area contributed by atoms with E-state index in [1.54, 1.807) is 14.2 Å². The fourth-order valence-electron chi connectivity index (χ4n) is 2.35. The third-order valence-electron chi connectivity index (χ3n) is 3.43. The largest absolute Gasteiger partial charge is 0.493 e. The fourth-order valence-corrected chi connectivity index (χ4v) is 2.35. The molecule has 1 aliphatic rings. The molecule has 0 atom stereocenters. The van der Waals surface area contributed by atoms with Crippen LogP contribution in [0.4, 0.5) is 5.95 Å². The highest BCUT2D eigenvalue weighted by molar-refractivity contribution is 5.69. The van der Waals surface area contributed by atoms with Crippen LogP contribution in [0.25, 0.3) is 11.4 Å². The summed E-state index contributed by atoms with van der Waals surface area (Å²) in [5.74, 6) is 2.65. The van der Waals surface area contributed by atoms with E-state index in [4.69, 9.17) is 14.2 Å². The van der Waals surface area contributed by atoms with Crippen molar-refractivity contribution >= 4 is 5.95 Å². The number of rotatable bonds is 4. The predicted molar refractivity (Wildman–Crippen MR) is 78.0 cm³/mol. The van der Waals surface area contributed by atoms with Gasteiger partial charge in [0, 0.05) is 13.1 Å². The molecule has 7 nitrogen and oxygen atoms in total. The van der Waals surface area contributed by atoms with E-state index >= 15 is 0 Å². The Bertz CT molecular complexity index is 608. The van der Waals surface area contributed by atoms with E-state index < -0.39 is 0 Å². The molecule has 1 N–H and O–H groups in total. The molecule has 112 valence electrons. The quantitative estimate of drug-likeness (QED) is 0.915. The molecule has 0 amide bonds. The summed E-state index contributed by atoms with van der Waals surface area (Å²) >= 11 is 0. The molecule has 2 heterocycles. The van der Waals surface area contributed by atoms with Gasteiger partial charge in [-0.25, -0.2) is 0 Å². The summed E-state index contributed by atoms with van der Waals surface area (Å²) < 4.78 is 16.1. The van der Waals surface area contributed by atoms with Crippen LogP contribution in [0.1, 0.15) is 0 Å². The number of para-hydroxylation sites is 1. The number of hydrogen-bond acceptors (Lipinski definition) is 6.